The number of hydrogen-bond acceptors (Lipinski definition) is 6. The molecule has 0 aliphatic rings. The summed E-state index contributed by atoms with van der Waals surface area (Å²) in [6, 6.07) is 2.30. The maximum Gasteiger partial charge on any atom is 0.407 e. The molecule has 0 aliphatic carbocycles. The van der Waals surface area contributed by atoms with Gasteiger partial charge in [0.15, 0.2) is 5.69 Å². The molecule has 1 aromatic carbocycles. The van der Waals surface area contributed by atoms with Crippen LogP contribution in [0, 0.1) is 6.57 Å². The zero-order valence-electron chi connectivity index (χ0n) is 14.7. The van der Waals surface area contributed by atoms with Gasteiger partial charge in [-0.15, -0.1) is 10.2 Å². The van der Waals surface area contributed by atoms with Gasteiger partial charge in [-0.2, -0.15) is 26.3 Å². The minimum Gasteiger partial charge on any atom is -0.419 e. The highest BCUT2D eigenvalue weighted by Gasteiger charge is 2.36. The van der Waals surface area contributed by atoms with Crippen LogP contribution in [0.3, 0.4) is 0 Å². The first kappa shape index (κ1) is 21.0. The van der Waals surface area contributed by atoms with Crippen LogP contribution in [0.5, 0.6) is 0 Å². The number of halogens is 6. The minimum absolute atomic E-state index is 0.0584. The summed E-state index contributed by atoms with van der Waals surface area (Å²) in [5, 5.41) is 7.33. The molecule has 0 fully saturated rings. The molecule has 7 nitrogen and oxygen atoms in total. The van der Waals surface area contributed by atoms with Crippen molar-refractivity contribution in [2.45, 2.75) is 18.9 Å². The fourth-order valence-electron chi connectivity index (χ4n) is 2.51. The van der Waals surface area contributed by atoms with Crippen molar-refractivity contribution in [3.63, 3.8) is 0 Å². The molecule has 3 rings (SSSR count). The Morgan fingerprint density at radius 1 is 1.03 bits per heavy atom. The standard InChI is InChI=1S/C17H10F6N6O/c1-24-13-3-2-11(4-12(13)17(21,22)23)29(8-16(18,19)20)7-14-27-28-15(30-14)10-5-25-9-26-6-10/h2-6,9H,7-8H2. The van der Waals surface area contributed by atoms with Gasteiger partial charge in [0.05, 0.1) is 24.2 Å². The molecular weight excluding hydrogens is 418 g/mol. The molecular formula is C17H10F6N6O. The molecule has 0 amide bonds. The van der Waals surface area contributed by atoms with E-state index in [-0.39, 0.29) is 11.8 Å². The van der Waals surface area contributed by atoms with E-state index in [9.17, 15) is 26.3 Å². The summed E-state index contributed by atoms with van der Waals surface area (Å²) in [6.45, 7) is 4.65. The van der Waals surface area contributed by atoms with E-state index in [1.54, 1.807) is 0 Å². The first-order valence-electron chi connectivity index (χ1n) is 8.05. The second-order valence-corrected chi connectivity index (χ2v) is 5.91. The second kappa shape index (κ2) is 7.97. The molecule has 0 aliphatic heterocycles. The maximum atomic E-state index is 13.2. The van der Waals surface area contributed by atoms with Gasteiger partial charge in [-0.3, -0.25) is 0 Å². The van der Waals surface area contributed by atoms with Crippen LogP contribution in [-0.2, 0) is 12.7 Å². The molecule has 156 valence electrons. The smallest absolute Gasteiger partial charge is 0.407 e. The maximum absolute atomic E-state index is 13.2. The number of benzene rings is 1. The quantitative estimate of drug-likeness (QED) is 0.435. The van der Waals surface area contributed by atoms with Crippen LogP contribution in [0.4, 0.5) is 37.7 Å². The van der Waals surface area contributed by atoms with Gasteiger partial charge in [0, 0.05) is 18.1 Å². The Balaban J connectivity index is 1.95. The van der Waals surface area contributed by atoms with Gasteiger partial charge in [-0.25, -0.2) is 14.8 Å². The Kier molecular flexibility index (Phi) is 5.59. The van der Waals surface area contributed by atoms with Gasteiger partial charge in [0.2, 0.25) is 5.89 Å². The number of hydrogen-bond donors (Lipinski definition) is 0. The lowest BCUT2D eigenvalue weighted by Gasteiger charge is -2.25. The third-order valence-corrected chi connectivity index (χ3v) is 3.74. The Hall–Kier alpha value is -3.69. The predicted octanol–water partition coefficient (Wildman–Crippen LogP) is 4.67. The van der Waals surface area contributed by atoms with Gasteiger partial charge < -0.3 is 9.32 Å². The van der Waals surface area contributed by atoms with E-state index in [2.05, 4.69) is 25.0 Å². The Morgan fingerprint density at radius 2 is 1.73 bits per heavy atom. The monoisotopic (exact) mass is 428 g/mol. The van der Waals surface area contributed by atoms with Crippen molar-refractivity contribution in [3.05, 3.63) is 59.8 Å². The molecule has 30 heavy (non-hydrogen) atoms. The van der Waals surface area contributed by atoms with Crippen molar-refractivity contribution in [2.75, 3.05) is 11.4 Å². The predicted molar refractivity (Wildman–Crippen MR) is 90.1 cm³/mol. The third kappa shape index (κ3) is 5.02. The fourth-order valence-corrected chi connectivity index (χ4v) is 2.51. The van der Waals surface area contributed by atoms with Crippen molar-refractivity contribution in [3.8, 4) is 11.5 Å². The normalized spacial score (nSPS) is 11.9. The highest BCUT2D eigenvalue weighted by molar-refractivity contribution is 5.62. The fraction of sp³-hybridized carbons (Fsp3) is 0.235. The Morgan fingerprint density at radius 3 is 2.33 bits per heavy atom. The summed E-state index contributed by atoms with van der Waals surface area (Å²) in [5.74, 6) is -0.321. The molecule has 0 atom stereocenters. The van der Waals surface area contributed by atoms with Gasteiger partial charge in [0.25, 0.3) is 5.89 Å². The van der Waals surface area contributed by atoms with Crippen molar-refractivity contribution in [1.29, 1.82) is 0 Å². The molecule has 0 unspecified atom stereocenters. The SMILES string of the molecule is [C-]#[N+]c1ccc(N(Cc2nnc(-c3cncnc3)o2)CC(F)(F)F)cc1C(F)(F)F. The zero-order chi connectivity index (χ0) is 21.9. The van der Waals surface area contributed by atoms with Crippen molar-refractivity contribution >= 4 is 11.4 Å². The van der Waals surface area contributed by atoms with Crippen molar-refractivity contribution < 1.29 is 30.8 Å². The second-order valence-electron chi connectivity index (χ2n) is 5.91. The van der Waals surface area contributed by atoms with E-state index in [1.165, 1.54) is 18.7 Å². The Bertz CT molecular complexity index is 1060. The molecule has 0 spiro atoms. The first-order valence-corrected chi connectivity index (χ1v) is 8.05. The van der Waals surface area contributed by atoms with Gasteiger partial charge in [0.1, 0.15) is 12.9 Å². The molecule has 2 aromatic heterocycles. The lowest BCUT2D eigenvalue weighted by Crippen LogP contribution is -2.34. The number of alkyl halides is 6. The lowest BCUT2D eigenvalue weighted by molar-refractivity contribution is -0.136. The van der Waals surface area contributed by atoms with Crippen molar-refractivity contribution in [1.82, 2.24) is 20.2 Å². The molecule has 0 bridgehead atoms. The van der Waals surface area contributed by atoms with E-state index in [1.807, 2.05) is 0 Å². The van der Waals surface area contributed by atoms with Gasteiger partial charge in [-0.05, 0) is 12.1 Å². The number of nitrogens with zero attached hydrogens (tertiary/aromatic N) is 6. The average Bonchev–Trinajstić information content (AvgIpc) is 3.14. The van der Waals surface area contributed by atoms with Crippen LogP contribution in [0.15, 0.2) is 41.3 Å². The third-order valence-electron chi connectivity index (χ3n) is 3.74. The lowest BCUT2D eigenvalue weighted by atomic mass is 10.1. The number of aromatic nitrogens is 4. The van der Waals surface area contributed by atoms with Crippen LogP contribution < -0.4 is 4.90 Å². The molecule has 0 radical (unpaired) electrons. The summed E-state index contributed by atoms with van der Waals surface area (Å²) in [4.78, 5) is 10.9. The summed E-state index contributed by atoms with van der Waals surface area (Å²) < 4.78 is 84.0. The van der Waals surface area contributed by atoms with E-state index in [4.69, 9.17) is 11.0 Å². The van der Waals surface area contributed by atoms with E-state index < -0.39 is 42.4 Å². The molecule has 0 N–H and O–H groups in total. The number of rotatable bonds is 5. The van der Waals surface area contributed by atoms with E-state index >= 15 is 0 Å². The highest BCUT2D eigenvalue weighted by Crippen LogP contribution is 2.39. The summed E-state index contributed by atoms with van der Waals surface area (Å²) in [7, 11) is 0. The van der Waals surface area contributed by atoms with Crippen LogP contribution >= 0.6 is 0 Å². The van der Waals surface area contributed by atoms with E-state index in [0.717, 1.165) is 12.1 Å². The largest absolute Gasteiger partial charge is 0.419 e. The first-order chi connectivity index (χ1) is 14.1. The number of anilines is 1. The summed E-state index contributed by atoms with van der Waals surface area (Å²) in [6.07, 6.45) is -5.71. The molecule has 0 saturated heterocycles. The topological polar surface area (TPSA) is 72.3 Å². The molecule has 2 heterocycles. The highest BCUT2D eigenvalue weighted by atomic mass is 19.4. The summed E-state index contributed by atoms with van der Waals surface area (Å²) >= 11 is 0. The summed E-state index contributed by atoms with van der Waals surface area (Å²) in [5.41, 5.74) is -2.15. The van der Waals surface area contributed by atoms with Crippen LogP contribution in [0.25, 0.3) is 16.3 Å². The van der Waals surface area contributed by atoms with Gasteiger partial charge >= 0.3 is 12.4 Å². The van der Waals surface area contributed by atoms with Crippen molar-refractivity contribution in [2.24, 2.45) is 0 Å². The molecule has 13 heteroatoms. The minimum atomic E-state index is -4.91. The van der Waals surface area contributed by atoms with Crippen LogP contribution in [0.2, 0.25) is 0 Å². The van der Waals surface area contributed by atoms with Crippen LogP contribution in [-0.4, -0.2) is 32.9 Å². The zero-order valence-corrected chi connectivity index (χ0v) is 14.7. The molecule has 0 saturated carbocycles. The molecule has 3 aromatic rings. The van der Waals surface area contributed by atoms with Gasteiger partial charge in [-0.1, -0.05) is 6.07 Å². The Labute approximate surface area is 164 Å². The van der Waals surface area contributed by atoms with E-state index in [0.29, 0.717) is 16.5 Å². The average molecular weight is 428 g/mol. The van der Waals surface area contributed by atoms with Crippen LogP contribution in [0.1, 0.15) is 11.5 Å².